The Morgan fingerprint density at radius 3 is 2.79 bits per heavy atom. The fourth-order valence-corrected chi connectivity index (χ4v) is 6.00. The fourth-order valence-electron chi connectivity index (χ4n) is 4.03. The summed E-state index contributed by atoms with van der Waals surface area (Å²) in [6.07, 6.45) is 5.94. The highest BCUT2D eigenvalue weighted by molar-refractivity contribution is 7.91. The van der Waals surface area contributed by atoms with Crippen LogP contribution in [0.4, 0.5) is 0 Å². The minimum Gasteiger partial charge on any atom is -0.385 e. The predicted molar refractivity (Wildman–Crippen MR) is 105 cm³/mol. The van der Waals surface area contributed by atoms with Crippen molar-refractivity contribution < 1.29 is 22.6 Å². The third kappa shape index (κ3) is 5.33. The molecule has 0 amide bonds. The van der Waals surface area contributed by atoms with Gasteiger partial charge in [0.25, 0.3) is 0 Å². The third-order valence-corrected chi connectivity index (χ3v) is 7.64. The maximum Gasteiger partial charge on any atom is 0.228 e. The van der Waals surface area contributed by atoms with Crippen molar-refractivity contribution in [3.05, 3.63) is 11.9 Å². The molecule has 0 radical (unpaired) electrons. The first kappa shape index (κ1) is 21.7. The van der Waals surface area contributed by atoms with Crippen LogP contribution in [0.1, 0.15) is 37.8 Å². The highest BCUT2D eigenvalue weighted by Crippen LogP contribution is 2.29. The molecule has 1 unspecified atom stereocenters. The molecule has 8 nitrogen and oxygen atoms in total. The lowest BCUT2D eigenvalue weighted by atomic mass is 10.3. The summed E-state index contributed by atoms with van der Waals surface area (Å²) in [5, 5.41) is -0.0782. The molecule has 160 valence electrons. The van der Waals surface area contributed by atoms with E-state index in [-0.39, 0.29) is 16.5 Å². The minimum absolute atomic E-state index is 0.0466. The number of ether oxygens (including phenoxy) is 3. The number of rotatable bonds is 10. The van der Waals surface area contributed by atoms with Gasteiger partial charge in [-0.25, -0.2) is 13.4 Å². The molecule has 2 heterocycles. The molecule has 1 aliphatic carbocycles. The van der Waals surface area contributed by atoms with E-state index < -0.39 is 9.84 Å². The smallest absolute Gasteiger partial charge is 0.228 e. The van der Waals surface area contributed by atoms with E-state index in [2.05, 4.69) is 9.88 Å². The van der Waals surface area contributed by atoms with Gasteiger partial charge in [0.15, 0.2) is 0 Å². The van der Waals surface area contributed by atoms with Crippen LogP contribution in [0.3, 0.4) is 0 Å². The standard InChI is InChI=1S/C19H33N3O5S/c1-21(14-17-15-26-10-11-27-17)13-16-12-20-19(22(16)8-5-9-25-2)28(23,24)18-6-3-4-7-18/h12,17-18H,3-11,13-15H2,1-2H3. The second-order valence-corrected chi connectivity index (χ2v) is 9.87. The Hall–Kier alpha value is -1.000. The normalized spacial score (nSPS) is 21.6. The number of nitrogens with zero attached hydrogens (tertiary/aromatic N) is 3. The van der Waals surface area contributed by atoms with Gasteiger partial charge in [-0.1, -0.05) is 12.8 Å². The van der Waals surface area contributed by atoms with E-state index in [9.17, 15) is 8.42 Å². The molecule has 1 saturated heterocycles. The Balaban J connectivity index is 1.74. The molecule has 28 heavy (non-hydrogen) atoms. The van der Waals surface area contributed by atoms with Crippen molar-refractivity contribution in [2.45, 2.75) is 61.7 Å². The van der Waals surface area contributed by atoms with Gasteiger partial charge in [0.2, 0.25) is 15.0 Å². The Morgan fingerprint density at radius 1 is 1.32 bits per heavy atom. The van der Waals surface area contributed by atoms with Gasteiger partial charge in [0.1, 0.15) is 0 Å². The van der Waals surface area contributed by atoms with Crippen molar-refractivity contribution in [3.8, 4) is 0 Å². The molecule has 0 aromatic carbocycles. The van der Waals surface area contributed by atoms with Crippen LogP contribution in [0.15, 0.2) is 11.4 Å². The first-order chi connectivity index (χ1) is 13.5. The highest BCUT2D eigenvalue weighted by atomic mass is 32.2. The van der Waals surface area contributed by atoms with Crippen LogP contribution >= 0.6 is 0 Å². The number of hydrogen-bond donors (Lipinski definition) is 0. The van der Waals surface area contributed by atoms with E-state index in [1.807, 2.05) is 11.6 Å². The van der Waals surface area contributed by atoms with Crippen LogP contribution in [0.25, 0.3) is 0 Å². The zero-order valence-electron chi connectivity index (χ0n) is 17.0. The molecule has 9 heteroatoms. The molecule has 0 spiro atoms. The number of aromatic nitrogens is 2. The van der Waals surface area contributed by atoms with Crippen LogP contribution in [-0.2, 0) is 37.1 Å². The van der Waals surface area contributed by atoms with E-state index >= 15 is 0 Å². The number of methoxy groups -OCH3 is 1. The highest BCUT2D eigenvalue weighted by Gasteiger charge is 2.34. The number of hydrogen-bond acceptors (Lipinski definition) is 7. The Morgan fingerprint density at radius 2 is 2.11 bits per heavy atom. The zero-order valence-corrected chi connectivity index (χ0v) is 17.8. The number of sulfone groups is 1. The van der Waals surface area contributed by atoms with Gasteiger partial charge in [-0.15, -0.1) is 0 Å². The molecule has 2 fully saturated rings. The summed E-state index contributed by atoms with van der Waals surface area (Å²) in [6.45, 7) is 4.38. The van der Waals surface area contributed by atoms with Crippen molar-refractivity contribution in [2.24, 2.45) is 0 Å². The molecule has 1 saturated carbocycles. The fraction of sp³-hybridized carbons (Fsp3) is 0.842. The number of imidazole rings is 1. The van der Waals surface area contributed by atoms with Crippen LogP contribution in [0.2, 0.25) is 0 Å². The summed E-state index contributed by atoms with van der Waals surface area (Å²) in [5.41, 5.74) is 0.909. The van der Waals surface area contributed by atoms with E-state index in [1.54, 1.807) is 13.3 Å². The van der Waals surface area contributed by atoms with Crippen LogP contribution < -0.4 is 0 Å². The topological polar surface area (TPSA) is 82.9 Å². The second kappa shape index (κ2) is 10.2. The van der Waals surface area contributed by atoms with Crippen molar-refractivity contribution in [1.29, 1.82) is 0 Å². The van der Waals surface area contributed by atoms with Crippen molar-refractivity contribution in [1.82, 2.24) is 14.5 Å². The lowest BCUT2D eigenvalue weighted by Gasteiger charge is -2.27. The van der Waals surface area contributed by atoms with Gasteiger partial charge in [0, 0.05) is 33.4 Å². The van der Waals surface area contributed by atoms with E-state index in [0.29, 0.717) is 39.5 Å². The van der Waals surface area contributed by atoms with Crippen molar-refractivity contribution in [2.75, 3.05) is 47.1 Å². The third-order valence-electron chi connectivity index (χ3n) is 5.46. The van der Waals surface area contributed by atoms with Gasteiger partial charge in [-0.3, -0.25) is 4.90 Å². The first-order valence-electron chi connectivity index (χ1n) is 10.2. The van der Waals surface area contributed by atoms with Crippen LogP contribution in [-0.4, -0.2) is 81.4 Å². The summed E-state index contributed by atoms with van der Waals surface area (Å²) in [5.74, 6) is 0. The van der Waals surface area contributed by atoms with E-state index in [0.717, 1.165) is 44.3 Å². The monoisotopic (exact) mass is 415 g/mol. The molecule has 1 aliphatic heterocycles. The molecule has 1 atom stereocenters. The zero-order chi connectivity index (χ0) is 20.0. The molecule has 0 N–H and O–H groups in total. The molecule has 0 bridgehead atoms. The van der Waals surface area contributed by atoms with Crippen LogP contribution in [0.5, 0.6) is 0 Å². The Labute approximate surface area is 168 Å². The Bertz CT molecular complexity index is 709. The first-order valence-corrected chi connectivity index (χ1v) is 11.7. The second-order valence-electron chi connectivity index (χ2n) is 7.75. The van der Waals surface area contributed by atoms with E-state index in [1.165, 1.54) is 0 Å². The molecular weight excluding hydrogens is 382 g/mol. The quantitative estimate of drug-likeness (QED) is 0.535. The predicted octanol–water partition coefficient (Wildman–Crippen LogP) is 1.48. The van der Waals surface area contributed by atoms with Gasteiger partial charge < -0.3 is 18.8 Å². The molecular formula is C19H33N3O5S. The SMILES string of the molecule is COCCCn1c(CN(C)CC2COCCO2)cnc1S(=O)(=O)C1CCCC1. The minimum atomic E-state index is -3.40. The molecule has 2 aliphatic rings. The van der Waals surface area contributed by atoms with Gasteiger partial charge in [-0.2, -0.15) is 0 Å². The molecule has 1 aromatic heterocycles. The summed E-state index contributed by atoms with van der Waals surface area (Å²) in [4.78, 5) is 6.50. The lowest BCUT2D eigenvalue weighted by Crippen LogP contribution is -2.38. The van der Waals surface area contributed by atoms with Gasteiger partial charge >= 0.3 is 0 Å². The summed E-state index contributed by atoms with van der Waals surface area (Å²) in [7, 11) is 0.266. The summed E-state index contributed by atoms with van der Waals surface area (Å²) >= 11 is 0. The van der Waals surface area contributed by atoms with Gasteiger partial charge in [-0.05, 0) is 26.3 Å². The molecule has 3 rings (SSSR count). The summed E-state index contributed by atoms with van der Waals surface area (Å²) in [6, 6.07) is 0. The van der Waals surface area contributed by atoms with Gasteiger partial charge in [0.05, 0.1) is 43.1 Å². The Kier molecular flexibility index (Phi) is 7.87. The van der Waals surface area contributed by atoms with E-state index in [4.69, 9.17) is 14.2 Å². The molecule has 1 aromatic rings. The number of likely N-dealkylation sites (N-methyl/N-ethyl adjacent to an activating group) is 1. The maximum atomic E-state index is 13.1. The van der Waals surface area contributed by atoms with Crippen molar-refractivity contribution >= 4 is 9.84 Å². The largest absolute Gasteiger partial charge is 0.385 e. The van der Waals surface area contributed by atoms with Crippen molar-refractivity contribution in [3.63, 3.8) is 0 Å². The summed E-state index contributed by atoms with van der Waals surface area (Å²) < 4.78 is 44.5. The maximum absolute atomic E-state index is 13.1. The average Bonchev–Trinajstić information content (AvgIpc) is 3.34. The lowest BCUT2D eigenvalue weighted by molar-refractivity contribution is -0.0964. The average molecular weight is 416 g/mol. The van der Waals surface area contributed by atoms with Crippen LogP contribution in [0, 0.1) is 0 Å².